The minimum atomic E-state index is -0.114. The number of nitrogens with zero attached hydrogens (tertiary/aromatic N) is 2. The average Bonchev–Trinajstić information content (AvgIpc) is 1.59. The van der Waals surface area contributed by atoms with E-state index in [1.165, 1.54) is 222 Å². The SMILES string of the molecule is CC1(C)C(c2ccccc2)=CC=C1c1ccccc1.CC1(C)C=CC=C1.CC1(C)C=Cc2ccccc21.CC1(C)C=c2ccccc2=C1.CC1(C)CC2C=CC1C2.CC1(C)CC2C=CC1CC2.CC1(C)CCC(=O)CC1.CC1(C)CCCC1.CC1(C)CCCCC1.CC1(C)CCCCCC1.CC1(C)N=Nc2ccccc21.CC1(C)c2ccccc2-c2ccccc21.CC1(C)c2ccccc2Cc2ccccc21. The number of rotatable bonds is 2. The number of fused-ring (bicyclic) bond motifs is 12. The molecule has 1 heterocycles. The molecule has 3 nitrogen and oxygen atoms in total. The maximum atomic E-state index is 10.8. The van der Waals surface area contributed by atoms with Gasteiger partial charge in [0.25, 0.3) is 0 Å². The number of hydrogen-bond donors (Lipinski definition) is 0. The number of ketones is 1. The second-order valence-electron chi connectivity index (χ2n) is 52.1. The highest BCUT2D eigenvalue weighted by atomic mass is 16.1. The molecular weight excluding hydrogens is 1710 g/mol. The van der Waals surface area contributed by atoms with E-state index < -0.39 is 0 Å². The van der Waals surface area contributed by atoms with Gasteiger partial charge in [0.15, 0.2) is 0 Å². The molecule has 9 aromatic carbocycles. The van der Waals surface area contributed by atoms with Crippen LogP contribution in [0.3, 0.4) is 0 Å². The second-order valence-corrected chi connectivity index (χ2v) is 52.1. The molecule has 6 fully saturated rings. The lowest BCUT2D eigenvalue weighted by Gasteiger charge is -2.44. The van der Waals surface area contributed by atoms with Crippen LogP contribution in [0.4, 0.5) is 5.69 Å². The number of carbonyl (C=O) groups is 1. The quantitative estimate of drug-likeness (QED) is 0.126. The van der Waals surface area contributed by atoms with E-state index in [-0.39, 0.29) is 32.6 Å². The molecule has 25 rings (SSSR count). The fourth-order valence-corrected chi connectivity index (χ4v) is 24.3. The Morgan fingerprint density at radius 1 is 0.310 bits per heavy atom. The third kappa shape index (κ3) is 30.7. The van der Waals surface area contributed by atoms with Crippen LogP contribution in [0.15, 0.2) is 308 Å². The van der Waals surface area contributed by atoms with Crippen LogP contribution < -0.4 is 10.4 Å². The van der Waals surface area contributed by atoms with E-state index >= 15 is 0 Å². The molecule has 0 N–H and O–H groups in total. The summed E-state index contributed by atoms with van der Waals surface area (Å²) in [5, 5.41) is 11.0. The number of Topliss-reactive ketones (excluding diaryl/α,β-unsaturated/α-hetero) is 1. The molecule has 9 aromatic rings. The molecule has 16 aliphatic rings. The molecule has 0 amide bonds. The molecule has 15 aliphatic carbocycles. The van der Waals surface area contributed by atoms with Crippen molar-refractivity contribution < 1.29 is 4.79 Å². The van der Waals surface area contributed by atoms with E-state index in [1.54, 1.807) is 0 Å². The summed E-state index contributed by atoms with van der Waals surface area (Å²) in [7, 11) is 0. The van der Waals surface area contributed by atoms with E-state index in [1.807, 2.05) is 18.2 Å². The van der Waals surface area contributed by atoms with Crippen molar-refractivity contribution in [1.82, 2.24) is 0 Å². The van der Waals surface area contributed by atoms with Crippen LogP contribution in [0.5, 0.6) is 0 Å². The smallest absolute Gasteiger partial charge is 0.132 e. The minimum absolute atomic E-state index is 0.0582. The summed E-state index contributed by atoms with van der Waals surface area (Å²) in [4.78, 5) is 10.8. The summed E-state index contributed by atoms with van der Waals surface area (Å²) >= 11 is 0. The molecule has 4 unspecified atom stereocenters. The Labute approximate surface area is 864 Å². The van der Waals surface area contributed by atoms with E-state index in [0.29, 0.717) is 43.7 Å². The Morgan fingerprint density at radius 2 is 0.683 bits per heavy atom. The monoisotopic (exact) mass is 1900 g/mol. The average molecular weight is 1900 g/mol. The summed E-state index contributed by atoms with van der Waals surface area (Å²) in [5.74, 6) is 4.10. The van der Waals surface area contributed by atoms with Gasteiger partial charge in [0.2, 0.25) is 0 Å². The zero-order chi connectivity index (χ0) is 103. The Bertz CT molecular complexity index is 5720. The highest BCUT2D eigenvalue weighted by Gasteiger charge is 2.43. The van der Waals surface area contributed by atoms with Crippen molar-refractivity contribution in [3.63, 3.8) is 0 Å². The zero-order valence-electron chi connectivity index (χ0n) is 93.3. The molecule has 6 saturated carbocycles. The molecule has 0 radical (unpaired) electrons. The van der Waals surface area contributed by atoms with Crippen molar-refractivity contribution >= 4 is 40.8 Å². The van der Waals surface area contributed by atoms with Crippen molar-refractivity contribution in [2.75, 3.05) is 0 Å². The molecule has 0 saturated heterocycles. The normalized spacial score (nSPS) is 23.4. The standard InChI is InChI=1S/C19H18.C16H16.C15H14.2C11H12.C10H16.C9H10N2.C9H14.C9H18.C8H14O.C8H16.C7H14.C7H10/c1-19(2)17(15-9-5-3-6-10-15)13-14-18(19)16-11-7-4-8-12-16;1-16(2)14-9-5-3-7-12(14)11-13-8-4-6-10-15(13)16;1-15(2)13-9-5-3-7-11(13)12-8-4-6-10-14(12)15;1-11(2)7-9-5-3-4-6-10(9)8-11;1-11(2)8-7-9-5-3-4-6-10(9)11;1-10(2)7-8-3-5-9(10)6-4-8;1-9(2)7-5-3-4-6-8(7)10-11-9;1-9(2)6-7-3-4-8(9)5-7;1-9(2)7-5-3-4-6-8-9;1-8(2)5-3-7(9)4-6-8;1-8(2)6-4-3-5-7-8;2*1-7(2)5-3-4-6-7/h3-14H,1-2H3;3-10H,11H2,1-2H3;3-10H,1-2H3;2*3-8H,1-2H3;3,5,8-9H,4,6-7H2,1-2H3;3-6H,1-2H3;3-4,7-8H,5-6H2,1-2H3;3-8H2,1-2H3;3-6H2,1-2H3;3-7H2,1-2H3;3-6H2,1-2H3;3-6H,1-2H3. The lowest BCUT2D eigenvalue weighted by atomic mass is 9.61. The summed E-state index contributed by atoms with van der Waals surface area (Å²) in [6.45, 7) is 59.7. The summed E-state index contributed by atoms with van der Waals surface area (Å²) in [5.41, 5.74) is 26.9. The highest BCUT2D eigenvalue weighted by molar-refractivity contribution is 5.92. The van der Waals surface area contributed by atoms with Gasteiger partial charge in [-0.2, -0.15) is 10.2 Å². The number of hydrogen-bond acceptors (Lipinski definition) is 3. The van der Waals surface area contributed by atoms with Gasteiger partial charge in [-0.1, -0.05) is 533 Å². The molecular formula is C139H184N2O. The van der Waals surface area contributed by atoms with E-state index in [2.05, 4.69) is 488 Å². The van der Waals surface area contributed by atoms with Crippen LogP contribution in [0, 0.1) is 72.4 Å². The molecule has 4 bridgehead atoms. The van der Waals surface area contributed by atoms with Crippen molar-refractivity contribution in [2.45, 2.75) is 362 Å². The van der Waals surface area contributed by atoms with Gasteiger partial charge in [0.05, 0.1) is 5.69 Å². The molecule has 0 spiro atoms. The number of allylic oxidation sites excluding steroid dienone is 13. The third-order valence-corrected chi connectivity index (χ3v) is 33.7. The van der Waals surface area contributed by atoms with Crippen molar-refractivity contribution in [1.29, 1.82) is 0 Å². The first-order valence-electron chi connectivity index (χ1n) is 55.2. The Kier molecular flexibility index (Phi) is 37.2. The van der Waals surface area contributed by atoms with Gasteiger partial charge in [-0.05, 0) is 254 Å². The molecule has 1 aliphatic heterocycles. The van der Waals surface area contributed by atoms with Gasteiger partial charge >= 0.3 is 0 Å². The van der Waals surface area contributed by atoms with Crippen LogP contribution in [0.1, 0.15) is 395 Å². The van der Waals surface area contributed by atoms with Crippen molar-refractivity contribution in [2.24, 2.45) is 82.6 Å². The van der Waals surface area contributed by atoms with Crippen molar-refractivity contribution in [3.8, 4) is 11.1 Å². The second kappa shape index (κ2) is 47.6. The Balaban J connectivity index is 0.000000139. The van der Waals surface area contributed by atoms with Gasteiger partial charge in [0, 0.05) is 50.9 Å². The van der Waals surface area contributed by atoms with E-state index in [9.17, 15) is 4.79 Å². The molecule has 756 valence electrons. The van der Waals surface area contributed by atoms with E-state index in [4.69, 9.17) is 0 Å². The predicted molar refractivity (Wildman–Crippen MR) is 618 cm³/mol. The summed E-state index contributed by atoms with van der Waals surface area (Å²) in [6.07, 6.45) is 65.8. The van der Waals surface area contributed by atoms with Gasteiger partial charge in [-0.3, -0.25) is 4.79 Å². The maximum absolute atomic E-state index is 10.8. The summed E-state index contributed by atoms with van der Waals surface area (Å²) < 4.78 is 0. The van der Waals surface area contributed by atoms with Gasteiger partial charge < -0.3 is 0 Å². The summed E-state index contributed by atoms with van der Waals surface area (Å²) in [6, 6.07) is 81.5. The molecule has 3 heteroatoms. The van der Waals surface area contributed by atoms with Gasteiger partial charge in [0.1, 0.15) is 11.3 Å². The zero-order valence-corrected chi connectivity index (χ0v) is 93.3. The van der Waals surface area contributed by atoms with Crippen LogP contribution >= 0.6 is 0 Å². The minimum Gasteiger partial charge on any atom is -0.300 e. The number of azo groups is 1. The molecule has 4 atom stereocenters. The van der Waals surface area contributed by atoms with Crippen LogP contribution in [0.25, 0.3) is 40.5 Å². The molecule has 142 heavy (non-hydrogen) atoms. The topological polar surface area (TPSA) is 41.8 Å². The third-order valence-electron chi connectivity index (χ3n) is 33.7. The van der Waals surface area contributed by atoms with Gasteiger partial charge in [-0.15, -0.1) is 0 Å². The Morgan fingerprint density at radius 3 is 1.06 bits per heavy atom. The highest BCUT2D eigenvalue weighted by Crippen LogP contribution is 2.54. The van der Waals surface area contributed by atoms with Crippen LogP contribution in [0.2, 0.25) is 0 Å². The van der Waals surface area contributed by atoms with Crippen LogP contribution in [-0.4, -0.2) is 5.78 Å². The molecule has 0 aromatic heterocycles. The predicted octanol–water partition coefficient (Wildman–Crippen LogP) is 39.2. The fraction of sp³-hybridized carbons (Fsp3) is 0.489. The first-order chi connectivity index (χ1) is 67.0. The lowest BCUT2D eigenvalue weighted by molar-refractivity contribution is -0.122. The van der Waals surface area contributed by atoms with Crippen LogP contribution in [-0.2, 0) is 33.0 Å². The maximum Gasteiger partial charge on any atom is 0.132 e. The first-order valence-corrected chi connectivity index (χ1v) is 55.2. The van der Waals surface area contributed by atoms with E-state index in [0.717, 1.165) is 61.5 Å². The lowest BCUT2D eigenvalue weighted by Crippen LogP contribution is -2.33. The Hall–Kier alpha value is -9.83. The van der Waals surface area contributed by atoms with Gasteiger partial charge in [-0.25, -0.2) is 0 Å². The first kappa shape index (κ1) is 111. The fourth-order valence-electron chi connectivity index (χ4n) is 24.3. The van der Waals surface area contributed by atoms with Crippen molar-refractivity contribution in [3.05, 3.63) is 369 Å². The number of benzene rings is 9. The largest absolute Gasteiger partial charge is 0.300 e. The number of carbonyl (C=O) groups excluding carboxylic acids is 1.